The average Bonchev–Trinajstić information content (AvgIpc) is 2.43. The molecule has 0 fully saturated rings. The number of benzene rings is 1. The molecule has 1 aromatic rings. The lowest BCUT2D eigenvalue weighted by molar-refractivity contribution is 0.0441. The highest BCUT2D eigenvalue weighted by Gasteiger charge is 2.25. The van der Waals surface area contributed by atoms with E-state index in [0.717, 1.165) is 0 Å². The molecule has 1 rings (SSSR count). The maximum absolute atomic E-state index is 10.1. The van der Waals surface area contributed by atoms with Crippen LogP contribution in [0.25, 0.3) is 0 Å². The van der Waals surface area contributed by atoms with Crippen molar-refractivity contribution in [3.63, 3.8) is 0 Å². The molecule has 0 heterocycles. The van der Waals surface area contributed by atoms with Crippen molar-refractivity contribution >= 4 is 0 Å². The van der Waals surface area contributed by atoms with Gasteiger partial charge in [-0.25, -0.2) is 0 Å². The number of aliphatic hydroxyl groups excluding tert-OH is 1. The van der Waals surface area contributed by atoms with E-state index in [1.807, 2.05) is 13.1 Å². The lowest BCUT2D eigenvalue weighted by atomic mass is 9.87. The van der Waals surface area contributed by atoms with E-state index in [1.54, 1.807) is 18.2 Å². The van der Waals surface area contributed by atoms with Crippen molar-refractivity contribution in [2.24, 2.45) is 5.41 Å². The molecule has 0 aliphatic heterocycles. The standard InChI is InChI=1S/C17H26N2O2/c1-13(17(2,3)4)19(5)11-15(20)12-21-16-9-7-6-8-14(16)10-18/h6-9,13,15,20H,11-12H2,1-5H3. The SMILES string of the molecule is CC(N(C)CC(O)COc1ccccc1C#N)C(C)(C)C. The summed E-state index contributed by atoms with van der Waals surface area (Å²) in [6, 6.07) is 9.48. The van der Waals surface area contributed by atoms with Gasteiger partial charge in [0.2, 0.25) is 0 Å². The fourth-order valence-corrected chi connectivity index (χ4v) is 2.08. The molecule has 0 radical (unpaired) electrons. The van der Waals surface area contributed by atoms with Crippen LogP contribution in [0.2, 0.25) is 0 Å². The van der Waals surface area contributed by atoms with E-state index in [9.17, 15) is 5.11 Å². The number of ether oxygens (including phenoxy) is 1. The Kier molecular flexibility index (Phi) is 6.19. The largest absolute Gasteiger partial charge is 0.489 e. The van der Waals surface area contributed by atoms with Crippen LogP contribution in [0.1, 0.15) is 33.3 Å². The minimum Gasteiger partial charge on any atom is -0.489 e. The van der Waals surface area contributed by atoms with Gasteiger partial charge in [-0.3, -0.25) is 0 Å². The van der Waals surface area contributed by atoms with Gasteiger partial charge in [-0.2, -0.15) is 5.26 Å². The first kappa shape index (κ1) is 17.5. The maximum atomic E-state index is 10.1. The van der Waals surface area contributed by atoms with Crippen molar-refractivity contribution in [2.45, 2.75) is 39.8 Å². The zero-order chi connectivity index (χ0) is 16.0. The van der Waals surface area contributed by atoms with Gasteiger partial charge in [0.15, 0.2) is 0 Å². The van der Waals surface area contributed by atoms with Crippen LogP contribution in [0, 0.1) is 16.7 Å². The zero-order valence-corrected chi connectivity index (χ0v) is 13.6. The van der Waals surface area contributed by atoms with Crippen LogP contribution in [0.3, 0.4) is 0 Å². The minimum atomic E-state index is -0.591. The van der Waals surface area contributed by atoms with Crippen LogP contribution in [0.15, 0.2) is 24.3 Å². The molecule has 2 atom stereocenters. The Morgan fingerprint density at radius 2 is 1.95 bits per heavy atom. The molecular weight excluding hydrogens is 264 g/mol. The molecule has 0 amide bonds. The molecule has 0 saturated carbocycles. The maximum Gasteiger partial charge on any atom is 0.137 e. The van der Waals surface area contributed by atoms with Crippen molar-refractivity contribution in [2.75, 3.05) is 20.2 Å². The molecule has 4 heteroatoms. The van der Waals surface area contributed by atoms with Gasteiger partial charge in [-0.05, 0) is 31.5 Å². The second kappa shape index (κ2) is 7.44. The summed E-state index contributed by atoms with van der Waals surface area (Å²) in [7, 11) is 2.00. The summed E-state index contributed by atoms with van der Waals surface area (Å²) >= 11 is 0. The molecule has 0 aliphatic rings. The summed E-state index contributed by atoms with van der Waals surface area (Å²) in [5.41, 5.74) is 0.643. The van der Waals surface area contributed by atoms with E-state index in [1.165, 1.54) is 0 Å². The number of hydrogen-bond donors (Lipinski definition) is 1. The summed E-state index contributed by atoms with van der Waals surface area (Å²) in [6.45, 7) is 9.41. The van der Waals surface area contributed by atoms with Crippen molar-refractivity contribution in [1.82, 2.24) is 4.90 Å². The second-order valence-corrected chi connectivity index (χ2v) is 6.55. The quantitative estimate of drug-likeness (QED) is 0.875. The number of hydrogen-bond acceptors (Lipinski definition) is 4. The molecule has 1 aromatic carbocycles. The molecule has 0 spiro atoms. The Morgan fingerprint density at radius 1 is 1.33 bits per heavy atom. The number of nitriles is 1. The first-order valence-corrected chi connectivity index (χ1v) is 7.26. The van der Waals surface area contributed by atoms with Gasteiger partial charge >= 0.3 is 0 Å². The van der Waals surface area contributed by atoms with E-state index >= 15 is 0 Å². The Morgan fingerprint density at radius 3 is 2.52 bits per heavy atom. The molecule has 21 heavy (non-hydrogen) atoms. The molecular formula is C17H26N2O2. The molecule has 4 nitrogen and oxygen atoms in total. The fourth-order valence-electron chi connectivity index (χ4n) is 2.08. The first-order chi connectivity index (χ1) is 9.75. The third-order valence-electron chi connectivity index (χ3n) is 3.85. The highest BCUT2D eigenvalue weighted by molar-refractivity contribution is 5.42. The van der Waals surface area contributed by atoms with Crippen molar-refractivity contribution in [3.05, 3.63) is 29.8 Å². The third kappa shape index (κ3) is 5.37. The van der Waals surface area contributed by atoms with Crippen molar-refractivity contribution < 1.29 is 9.84 Å². The number of aliphatic hydroxyl groups is 1. The molecule has 0 bridgehead atoms. The predicted molar refractivity (Wildman–Crippen MR) is 84.2 cm³/mol. The van der Waals surface area contributed by atoms with Crippen LogP contribution in [0.4, 0.5) is 0 Å². The van der Waals surface area contributed by atoms with Crippen LogP contribution >= 0.6 is 0 Å². The monoisotopic (exact) mass is 290 g/mol. The van der Waals surface area contributed by atoms with E-state index in [0.29, 0.717) is 23.9 Å². The van der Waals surface area contributed by atoms with E-state index < -0.39 is 6.10 Å². The third-order valence-corrected chi connectivity index (χ3v) is 3.85. The highest BCUT2D eigenvalue weighted by Crippen LogP contribution is 2.23. The van der Waals surface area contributed by atoms with E-state index in [2.05, 4.69) is 38.7 Å². The lowest BCUT2D eigenvalue weighted by Gasteiger charge is -2.36. The van der Waals surface area contributed by atoms with E-state index in [-0.39, 0.29) is 12.0 Å². The van der Waals surface area contributed by atoms with Gasteiger partial charge in [-0.15, -0.1) is 0 Å². The number of rotatable bonds is 6. The highest BCUT2D eigenvalue weighted by atomic mass is 16.5. The Labute approximate surface area is 128 Å². The summed E-state index contributed by atoms with van der Waals surface area (Å²) in [5.74, 6) is 0.519. The number of para-hydroxylation sites is 1. The second-order valence-electron chi connectivity index (χ2n) is 6.55. The fraction of sp³-hybridized carbons (Fsp3) is 0.588. The topological polar surface area (TPSA) is 56.5 Å². The average molecular weight is 290 g/mol. The Hall–Kier alpha value is -1.57. The van der Waals surface area contributed by atoms with Crippen molar-refractivity contribution in [3.8, 4) is 11.8 Å². The number of nitrogens with zero attached hydrogens (tertiary/aromatic N) is 2. The Balaban J connectivity index is 2.51. The van der Waals surface area contributed by atoms with Gasteiger partial charge in [0.1, 0.15) is 24.5 Å². The van der Waals surface area contributed by atoms with Crippen LogP contribution in [-0.4, -0.2) is 42.4 Å². The smallest absolute Gasteiger partial charge is 0.137 e. The molecule has 0 saturated heterocycles. The lowest BCUT2D eigenvalue weighted by Crippen LogP contribution is -2.44. The van der Waals surface area contributed by atoms with Gasteiger partial charge < -0.3 is 14.7 Å². The molecule has 1 N–H and O–H groups in total. The van der Waals surface area contributed by atoms with Crippen LogP contribution in [-0.2, 0) is 0 Å². The van der Waals surface area contributed by atoms with E-state index in [4.69, 9.17) is 10.00 Å². The van der Waals surface area contributed by atoms with Gasteiger partial charge in [0.05, 0.1) is 5.56 Å². The number of likely N-dealkylation sites (N-methyl/N-ethyl adjacent to an activating group) is 1. The van der Waals surface area contributed by atoms with Crippen molar-refractivity contribution in [1.29, 1.82) is 5.26 Å². The Bertz CT molecular complexity index is 488. The van der Waals surface area contributed by atoms with Gasteiger partial charge in [0.25, 0.3) is 0 Å². The summed E-state index contributed by atoms with van der Waals surface area (Å²) < 4.78 is 5.56. The summed E-state index contributed by atoms with van der Waals surface area (Å²) in [4.78, 5) is 2.13. The zero-order valence-electron chi connectivity index (χ0n) is 13.6. The first-order valence-electron chi connectivity index (χ1n) is 7.26. The predicted octanol–water partition coefficient (Wildman–Crippen LogP) is 2.66. The molecule has 0 aliphatic carbocycles. The molecule has 0 aromatic heterocycles. The van der Waals surface area contributed by atoms with Gasteiger partial charge in [-0.1, -0.05) is 32.9 Å². The summed E-state index contributed by atoms with van der Waals surface area (Å²) in [5, 5.41) is 19.1. The van der Waals surface area contributed by atoms with Crippen LogP contribution in [0.5, 0.6) is 5.75 Å². The van der Waals surface area contributed by atoms with Crippen LogP contribution < -0.4 is 4.74 Å². The minimum absolute atomic E-state index is 0.155. The normalized spacial score (nSPS) is 14.6. The summed E-state index contributed by atoms with van der Waals surface area (Å²) in [6.07, 6.45) is -0.591. The molecule has 116 valence electrons. The molecule has 2 unspecified atom stereocenters. The van der Waals surface area contributed by atoms with Gasteiger partial charge in [0, 0.05) is 12.6 Å².